The zero-order chi connectivity index (χ0) is 59.7. The van der Waals surface area contributed by atoms with Gasteiger partial charge < -0.3 is 27.5 Å². The molecular formula is C80H72BN3O3. The van der Waals surface area contributed by atoms with Crippen molar-refractivity contribution in [2.75, 3.05) is 9.71 Å². The molecule has 0 amide bonds. The van der Waals surface area contributed by atoms with Crippen molar-refractivity contribution in [1.29, 1.82) is 0 Å². The summed E-state index contributed by atoms with van der Waals surface area (Å²) in [6, 6.07) is 66.3. The Balaban J connectivity index is 0.993. The molecule has 0 radical (unpaired) electrons. The molecule has 0 saturated heterocycles. The Morgan fingerprint density at radius 3 is 1.59 bits per heavy atom. The monoisotopic (exact) mass is 1130 g/mol. The first kappa shape index (κ1) is 52.4. The van der Waals surface area contributed by atoms with Crippen molar-refractivity contribution in [1.82, 2.24) is 4.57 Å². The molecule has 0 fully saturated rings. The third-order valence-corrected chi connectivity index (χ3v) is 20.5. The van der Waals surface area contributed by atoms with Gasteiger partial charge in [-0.15, -0.1) is 0 Å². The maximum atomic E-state index is 7.51. The molecule has 6 nitrogen and oxygen atoms in total. The summed E-state index contributed by atoms with van der Waals surface area (Å²) in [5.74, 6) is 0. The van der Waals surface area contributed by atoms with Crippen molar-refractivity contribution in [2.24, 2.45) is 0 Å². The molecule has 0 unspecified atom stereocenters. The fourth-order valence-corrected chi connectivity index (χ4v) is 15.5. The molecule has 7 heteroatoms. The first-order valence-electron chi connectivity index (χ1n) is 31.4. The summed E-state index contributed by atoms with van der Waals surface area (Å²) < 4.78 is 24.4. The smallest absolute Gasteiger partial charge is 0.333 e. The third-order valence-electron chi connectivity index (χ3n) is 20.5. The number of para-hydroxylation sites is 2. The average Bonchev–Trinajstić information content (AvgIpc) is 1.55. The highest BCUT2D eigenvalue weighted by atomic mass is 16.3. The minimum atomic E-state index is -0.309. The van der Waals surface area contributed by atoms with Crippen molar-refractivity contribution >= 4 is 134 Å². The molecule has 0 N–H and O–H groups in total. The lowest BCUT2D eigenvalue weighted by Crippen LogP contribution is -2.60. The highest BCUT2D eigenvalue weighted by Gasteiger charge is 2.48. The van der Waals surface area contributed by atoms with Gasteiger partial charge in [0.2, 0.25) is 0 Å². The van der Waals surface area contributed by atoms with Gasteiger partial charge in [0.1, 0.15) is 33.5 Å². The van der Waals surface area contributed by atoms with Crippen molar-refractivity contribution in [2.45, 2.75) is 130 Å². The summed E-state index contributed by atoms with van der Waals surface area (Å²) >= 11 is 0. The second-order valence-electron chi connectivity index (χ2n) is 30.0. The van der Waals surface area contributed by atoms with Gasteiger partial charge in [-0.05, 0) is 170 Å². The van der Waals surface area contributed by atoms with E-state index in [9.17, 15) is 0 Å². The molecule has 4 aromatic heterocycles. The van der Waals surface area contributed by atoms with Gasteiger partial charge in [0.05, 0.1) is 11.0 Å². The molecule has 0 atom stereocenters. The molecule has 87 heavy (non-hydrogen) atoms. The van der Waals surface area contributed by atoms with Crippen LogP contribution >= 0.6 is 0 Å². The Morgan fingerprint density at radius 2 is 0.954 bits per heavy atom. The number of benzene rings is 10. The fraction of sp³-hybridized carbons (Fsp3) is 0.250. The molecule has 14 aromatic rings. The van der Waals surface area contributed by atoms with Crippen molar-refractivity contribution in [3.63, 3.8) is 0 Å². The minimum absolute atomic E-state index is 0.0100. The third kappa shape index (κ3) is 7.47. The molecule has 3 aliphatic rings. The number of hydrogen-bond acceptors (Lipinski definition) is 5. The molecule has 0 spiro atoms. The van der Waals surface area contributed by atoms with E-state index in [1.807, 2.05) is 0 Å². The number of anilines is 5. The molecule has 0 saturated carbocycles. The maximum absolute atomic E-state index is 7.51. The topological polar surface area (TPSA) is 50.8 Å². The highest BCUT2D eigenvalue weighted by molar-refractivity contribution is 6.94. The van der Waals surface area contributed by atoms with Crippen molar-refractivity contribution < 1.29 is 13.3 Å². The van der Waals surface area contributed by atoms with Gasteiger partial charge in [-0.3, -0.25) is 0 Å². The normalized spacial score (nSPS) is 15.5. The van der Waals surface area contributed by atoms with Crippen LogP contribution in [0, 0.1) is 0 Å². The summed E-state index contributed by atoms with van der Waals surface area (Å²) in [6.45, 7) is 30.0. The quantitative estimate of drug-likeness (QED) is 0.164. The van der Waals surface area contributed by atoms with Gasteiger partial charge in [0.15, 0.2) is 0 Å². The van der Waals surface area contributed by atoms with Crippen LogP contribution < -0.4 is 20.6 Å². The Kier molecular flexibility index (Phi) is 10.5. The zero-order valence-corrected chi connectivity index (χ0v) is 52.3. The Morgan fingerprint density at radius 1 is 0.437 bits per heavy atom. The molecule has 6 heterocycles. The number of nitrogens with zero attached hydrogens (tertiary/aromatic N) is 3. The Hall–Kier alpha value is -8.94. The van der Waals surface area contributed by atoms with Crippen LogP contribution in [-0.2, 0) is 27.1 Å². The summed E-state index contributed by atoms with van der Waals surface area (Å²) in [5, 5.41) is 9.14. The first-order chi connectivity index (χ1) is 41.5. The summed E-state index contributed by atoms with van der Waals surface area (Å²) in [6.07, 6.45) is 2.25. The van der Waals surface area contributed by atoms with E-state index in [0.29, 0.717) is 0 Å². The van der Waals surface area contributed by atoms with Gasteiger partial charge >= 0.3 is 6.85 Å². The molecule has 2 aliphatic heterocycles. The van der Waals surface area contributed by atoms with Crippen LogP contribution in [0.2, 0.25) is 0 Å². The van der Waals surface area contributed by atoms with Crippen LogP contribution in [0.3, 0.4) is 0 Å². The number of furan rings is 3. The lowest BCUT2D eigenvalue weighted by Gasteiger charge is -2.42. The molecular weight excluding hydrogens is 1060 g/mol. The number of hydrogen-bond donors (Lipinski definition) is 0. The van der Waals surface area contributed by atoms with Crippen molar-refractivity contribution in [3.05, 3.63) is 204 Å². The summed E-state index contributed by atoms with van der Waals surface area (Å²) in [5.41, 5.74) is 25.6. The van der Waals surface area contributed by atoms with Gasteiger partial charge in [-0.25, -0.2) is 0 Å². The molecule has 10 aromatic carbocycles. The number of fused-ring (bicyclic) bond motifs is 20. The highest BCUT2D eigenvalue weighted by Crippen LogP contribution is 2.55. The maximum Gasteiger partial charge on any atom is 0.333 e. The van der Waals surface area contributed by atoms with Gasteiger partial charge in [0, 0.05) is 100 Å². The predicted molar refractivity (Wildman–Crippen MR) is 368 cm³/mol. The van der Waals surface area contributed by atoms with Crippen LogP contribution in [0.5, 0.6) is 0 Å². The predicted octanol–water partition coefficient (Wildman–Crippen LogP) is 21.4. The van der Waals surface area contributed by atoms with Gasteiger partial charge in [-0.2, -0.15) is 0 Å². The second kappa shape index (κ2) is 17.4. The van der Waals surface area contributed by atoms with Crippen LogP contribution in [-0.4, -0.2) is 11.4 Å². The molecule has 17 rings (SSSR count). The van der Waals surface area contributed by atoms with E-state index in [-0.39, 0.29) is 33.9 Å². The largest absolute Gasteiger partial charge is 0.456 e. The molecule has 0 bridgehead atoms. The van der Waals surface area contributed by atoms with Crippen LogP contribution in [0.25, 0.3) is 104 Å². The number of aromatic nitrogens is 1. The van der Waals surface area contributed by atoms with Crippen LogP contribution in [0.4, 0.5) is 28.4 Å². The Labute approximate surface area is 509 Å². The SMILES string of the molecule is CC(C)(C)c1ccc(N2B3c4cc5oc6ccccc6c5cc4-n4c5cc6c(cc5c5c7c(oc8ccccc87)c(c3c54)-c3cc4c(cc32)oc2cc(N(c3ccc(C(C)(C)C)cc3)c3ccc(C(C)(C)C)cc3)ccc24)C(C)(C)CCC6(C)C)cc1. The van der Waals surface area contributed by atoms with Crippen LogP contribution in [0.1, 0.15) is 131 Å². The number of rotatable bonds is 4. The van der Waals surface area contributed by atoms with E-state index in [1.165, 1.54) is 66.2 Å². The van der Waals surface area contributed by atoms with Gasteiger partial charge in [0.25, 0.3) is 0 Å². The standard InChI is InChI=1S/C80H72BN3O3/c1-76(2,3)45-22-28-48(29-23-45)82(49-30-24-46(25-31-49)77(4,5)6)51-34-35-53-55-39-57-63(44-69(55)86-67(53)38-51)84(50-32-26-47(27-33-50)78(7,8)9)81-61-43-68-56(52-18-14-16-20-65(52)85-68)41-64(61)83-62-42-60-59(79(10,11)36-37-80(60,12)13)40-58(62)70-71-54-19-15-17-21-66(54)87-75(71)72(57)73(81)74(70)83/h14-35,38-44H,36-37H2,1-13H3. The first-order valence-corrected chi connectivity index (χ1v) is 31.4. The summed E-state index contributed by atoms with van der Waals surface area (Å²) in [7, 11) is 0. The van der Waals surface area contributed by atoms with Crippen LogP contribution in [0.15, 0.2) is 189 Å². The fourth-order valence-electron chi connectivity index (χ4n) is 15.5. The van der Waals surface area contributed by atoms with E-state index < -0.39 is 0 Å². The minimum Gasteiger partial charge on any atom is -0.456 e. The molecule has 428 valence electrons. The van der Waals surface area contributed by atoms with Crippen molar-refractivity contribution in [3.8, 4) is 16.8 Å². The average molecular weight is 1130 g/mol. The Bertz CT molecular complexity index is 5220. The molecule has 1 aliphatic carbocycles. The van der Waals surface area contributed by atoms with E-state index in [4.69, 9.17) is 13.3 Å². The van der Waals surface area contributed by atoms with Gasteiger partial charge in [-0.1, -0.05) is 163 Å². The lowest BCUT2D eigenvalue weighted by atomic mass is 9.43. The van der Waals surface area contributed by atoms with E-state index in [0.717, 1.165) is 118 Å². The van der Waals surface area contributed by atoms with E-state index in [2.05, 4.69) is 280 Å². The van der Waals surface area contributed by atoms with E-state index in [1.54, 1.807) is 0 Å². The lowest BCUT2D eigenvalue weighted by molar-refractivity contribution is 0.332. The zero-order valence-electron chi connectivity index (χ0n) is 52.3. The summed E-state index contributed by atoms with van der Waals surface area (Å²) in [4.78, 5) is 4.99. The second-order valence-corrected chi connectivity index (χ2v) is 30.0. The van der Waals surface area contributed by atoms with E-state index >= 15 is 0 Å².